The number of hydrogen-bond acceptors (Lipinski definition) is 2. The van der Waals surface area contributed by atoms with Gasteiger partial charge in [0.15, 0.2) is 5.88 Å². The highest BCUT2D eigenvalue weighted by Crippen LogP contribution is 2.23. The van der Waals surface area contributed by atoms with Crippen molar-refractivity contribution >= 4 is 0 Å². The predicted octanol–water partition coefficient (Wildman–Crippen LogP) is 1.49. The molecule has 1 fully saturated rings. The molecule has 0 aromatic rings. The van der Waals surface area contributed by atoms with Crippen LogP contribution in [-0.2, 0) is 4.74 Å². The van der Waals surface area contributed by atoms with E-state index in [1.807, 2.05) is 0 Å². The Morgan fingerprint density at radius 1 is 1.60 bits per heavy atom. The largest absolute Gasteiger partial charge is 0.477 e. The lowest BCUT2D eigenvalue weighted by atomic mass is 9.88. The van der Waals surface area contributed by atoms with Crippen molar-refractivity contribution in [3.8, 4) is 0 Å². The normalized spacial score (nSPS) is 25.9. The summed E-state index contributed by atoms with van der Waals surface area (Å²) in [5, 5.41) is 3.18. The maximum Gasteiger partial charge on any atom is 0.179 e. The summed E-state index contributed by atoms with van der Waals surface area (Å²) in [6.45, 7) is 11.0. The van der Waals surface area contributed by atoms with Crippen LogP contribution < -0.4 is 5.32 Å². The molecule has 1 N–H and O–H groups in total. The summed E-state index contributed by atoms with van der Waals surface area (Å²) in [5.41, 5.74) is 0.263. The second kappa shape index (κ2) is 2.19. The highest BCUT2D eigenvalue weighted by molar-refractivity contribution is 4.95. The first-order chi connectivity index (χ1) is 4.50. The van der Waals surface area contributed by atoms with E-state index in [9.17, 15) is 0 Å². The van der Waals surface area contributed by atoms with Crippen LogP contribution in [0.4, 0.5) is 0 Å². The Morgan fingerprint density at radius 3 is 2.40 bits per heavy atom. The molecule has 10 heavy (non-hydrogen) atoms. The van der Waals surface area contributed by atoms with E-state index >= 15 is 0 Å². The highest BCUT2D eigenvalue weighted by atomic mass is 16.5. The van der Waals surface area contributed by atoms with Crippen LogP contribution in [0.3, 0.4) is 0 Å². The van der Waals surface area contributed by atoms with Crippen molar-refractivity contribution < 1.29 is 4.74 Å². The Labute approximate surface area is 62.3 Å². The summed E-state index contributed by atoms with van der Waals surface area (Å²) in [6, 6.07) is 0.417. The summed E-state index contributed by atoms with van der Waals surface area (Å²) in [4.78, 5) is 0. The Bertz CT molecular complexity index is 146. The number of ether oxygens (including phenoxy) is 1. The molecule has 1 aliphatic rings. The van der Waals surface area contributed by atoms with Crippen LogP contribution in [-0.4, -0.2) is 12.6 Å². The SMILES string of the molecule is C=C1NC(C(C)(C)C)CO1. The first kappa shape index (κ1) is 7.45. The van der Waals surface area contributed by atoms with E-state index in [1.54, 1.807) is 0 Å². The first-order valence-electron chi connectivity index (χ1n) is 3.58. The van der Waals surface area contributed by atoms with Crippen molar-refractivity contribution in [3.05, 3.63) is 12.5 Å². The second-order valence-electron chi connectivity index (χ2n) is 3.80. The quantitative estimate of drug-likeness (QED) is 0.552. The van der Waals surface area contributed by atoms with Gasteiger partial charge in [-0.1, -0.05) is 20.8 Å². The Kier molecular flexibility index (Phi) is 1.63. The molecule has 0 bridgehead atoms. The molecule has 1 rings (SSSR count). The standard InChI is InChI=1S/C8H15NO/c1-6-9-7(5-10-6)8(2,3)4/h7,9H,1,5H2,2-4H3. The molecule has 1 saturated heterocycles. The van der Waals surface area contributed by atoms with Crippen LogP contribution in [0.2, 0.25) is 0 Å². The Hall–Kier alpha value is -0.660. The zero-order chi connectivity index (χ0) is 7.78. The predicted molar refractivity (Wildman–Crippen MR) is 41.5 cm³/mol. The molecule has 0 spiro atoms. The summed E-state index contributed by atoms with van der Waals surface area (Å²) in [7, 11) is 0. The lowest BCUT2D eigenvalue weighted by Crippen LogP contribution is -2.36. The zero-order valence-corrected chi connectivity index (χ0v) is 6.90. The zero-order valence-electron chi connectivity index (χ0n) is 6.90. The van der Waals surface area contributed by atoms with Crippen molar-refractivity contribution in [2.75, 3.05) is 6.61 Å². The fourth-order valence-electron chi connectivity index (χ4n) is 0.928. The maximum absolute atomic E-state index is 5.19. The van der Waals surface area contributed by atoms with Crippen LogP contribution >= 0.6 is 0 Å². The molecule has 0 aromatic carbocycles. The highest BCUT2D eigenvalue weighted by Gasteiger charge is 2.29. The van der Waals surface area contributed by atoms with Gasteiger partial charge in [-0.3, -0.25) is 0 Å². The summed E-state index contributed by atoms with van der Waals surface area (Å²) < 4.78 is 5.19. The fraction of sp³-hybridized carbons (Fsp3) is 0.750. The molecule has 0 saturated carbocycles. The minimum Gasteiger partial charge on any atom is -0.477 e. The van der Waals surface area contributed by atoms with Crippen LogP contribution in [0.5, 0.6) is 0 Å². The smallest absolute Gasteiger partial charge is 0.179 e. The van der Waals surface area contributed by atoms with Gasteiger partial charge >= 0.3 is 0 Å². The molecule has 1 heterocycles. The first-order valence-corrected chi connectivity index (χ1v) is 3.58. The second-order valence-corrected chi connectivity index (χ2v) is 3.80. The van der Waals surface area contributed by atoms with Gasteiger partial charge in [0.25, 0.3) is 0 Å². The van der Waals surface area contributed by atoms with E-state index in [4.69, 9.17) is 4.74 Å². The van der Waals surface area contributed by atoms with E-state index in [2.05, 4.69) is 32.7 Å². The van der Waals surface area contributed by atoms with E-state index < -0.39 is 0 Å². The molecule has 1 atom stereocenters. The molecular formula is C8H15NO. The van der Waals surface area contributed by atoms with Gasteiger partial charge in [-0.15, -0.1) is 0 Å². The van der Waals surface area contributed by atoms with E-state index in [0.29, 0.717) is 11.9 Å². The molecule has 0 aromatic heterocycles. The summed E-state index contributed by atoms with van der Waals surface area (Å²) in [5.74, 6) is 0.708. The van der Waals surface area contributed by atoms with Crippen LogP contribution in [0.1, 0.15) is 20.8 Å². The van der Waals surface area contributed by atoms with Crippen LogP contribution in [0.15, 0.2) is 12.5 Å². The van der Waals surface area contributed by atoms with Crippen molar-refractivity contribution in [1.82, 2.24) is 5.32 Å². The van der Waals surface area contributed by atoms with Crippen molar-refractivity contribution in [1.29, 1.82) is 0 Å². The Morgan fingerprint density at radius 2 is 2.20 bits per heavy atom. The molecule has 58 valence electrons. The minimum absolute atomic E-state index is 0.263. The van der Waals surface area contributed by atoms with E-state index in [-0.39, 0.29) is 5.41 Å². The van der Waals surface area contributed by atoms with E-state index in [1.165, 1.54) is 0 Å². The Balaban J connectivity index is 2.53. The minimum atomic E-state index is 0.263. The van der Waals surface area contributed by atoms with Crippen LogP contribution in [0, 0.1) is 5.41 Å². The third-order valence-electron chi connectivity index (χ3n) is 1.80. The number of nitrogens with one attached hydrogen (secondary N) is 1. The molecule has 0 aliphatic carbocycles. The van der Waals surface area contributed by atoms with Gasteiger partial charge in [-0.2, -0.15) is 0 Å². The van der Waals surface area contributed by atoms with Gasteiger partial charge in [-0.25, -0.2) is 0 Å². The summed E-state index contributed by atoms with van der Waals surface area (Å²) in [6.07, 6.45) is 0. The average molecular weight is 141 g/mol. The maximum atomic E-state index is 5.19. The van der Waals surface area contributed by atoms with E-state index in [0.717, 1.165) is 6.61 Å². The molecule has 0 radical (unpaired) electrons. The van der Waals surface area contributed by atoms with Gasteiger partial charge in [0.05, 0.1) is 6.04 Å². The molecule has 2 nitrogen and oxygen atoms in total. The third kappa shape index (κ3) is 1.43. The number of hydrogen-bond donors (Lipinski definition) is 1. The fourth-order valence-corrected chi connectivity index (χ4v) is 0.928. The molecule has 1 unspecified atom stereocenters. The monoisotopic (exact) mass is 141 g/mol. The van der Waals surface area contributed by atoms with Gasteiger partial charge in [0.1, 0.15) is 6.61 Å². The van der Waals surface area contributed by atoms with Gasteiger partial charge < -0.3 is 10.1 Å². The average Bonchev–Trinajstić information content (AvgIpc) is 2.11. The molecule has 2 heteroatoms. The lowest BCUT2D eigenvalue weighted by Gasteiger charge is -2.24. The van der Waals surface area contributed by atoms with Gasteiger partial charge in [0.2, 0.25) is 0 Å². The topological polar surface area (TPSA) is 21.3 Å². The van der Waals surface area contributed by atoms with Gasteiger partial charge in [-0.05, 0) is 12.0 Å². The number of rotatable bonds is 0. The molecule has 1 aliphatic heterocycles. The van der Waals surface area contributed by atoms with Crippen molar-refractivity contribution in [2.45, 2.75) is 26.8 Å². The third-order valence-corrected chi connectivity index (χ3v) is 1.80. The van der Waals surface area contributed by atoms with Gasteiger partial charge in [0, 0.05) is 0 Å². The summed E-state index contributed by atoms with van der Waals surface area (Å²) >= 11 is 0. The van der Waals surface area contributed by atoms with Crippen molar-refractivity contribution in [2.24, 2.45) is 5.41 Å². The van der Waals surface area contributed by atoms with Crippen molar-refractivity contribution in [3.63, 3.8) is 0 Å². The molecule has 0 amide bonds. The van der Waals surface area contributed by atoms with Crippen LogP contribution in [0.25, 0.3) is 0 Å². The lowest BCUT2D eigenvalue weighted by molar-refractivity contribution is 0.215. The molecular weight excluding hydrogens is 126 g/mol.